The standard InChI is InChI=1S/C14H23NO2/c1-5-6-11-17-14(15(2)3)12-9-7-8-10-13(12)16-4/h7-10,14H,5-6,11H2,1-4H3. The van der Waals surface area contributed by atoms with Crippen molar-refractivity contribution in [1.29, 1.82) is 0 Å². The van der Waals surface area contributed by atoms with Crippen molar-refractivity contribution in [2.75, 3.05) is 27.8 Å². The smallest absolute Gasteiger partial charge is 0.139 e. The fourth-order valence-corrected chi connectivity index (χ4v) is 1.73. The van der Waals surface area contributed by atoms with Crippen molar-refractivity contribution < 1.29 is 9.47 Å². The van der Waals surface area contributed by atoms with E-state index < -0.39 is 0 Å². The lowest BCUT2D eigenvalue weighted by Crippen LogP contribution is -2.23. The first-order valence-electron chi connectivity index (χ1n) is 6.11. The molecular weight excluding hydrogens is 214 g/mol. The molecule has 1 unspecified atom stereocenters. The zero-order valence-corrected chi connectivity index (χ0v) is 11.3. The molecule has 3 nitrogen and oxygen atoms in total. The molecular formula is C14H23NO2. The molecule has 17 heavy (non-hydrogen) atoms. The predicted octanol–water partition coefficient (Wildman–Crippen LogP) is 3.07. The van der Waals surface area contributed by atoms with Crippen LogP contribution >= 0.6 is 0 Å². The van der Waals surface area contributed by atoms with Crippen molar-refractivity contribution in [3.63, 3.8) is 0 Å². The third kappa shape index (κ3) is 4.02. The summed E-state index contributed by atoms with van der Waals surface area (Å²) in [5.74, 6) is 0.877. The fraction of sp³-hybridized carbons (Fsp3) is 0.571. The fourth-order valence-electron chi connectivity index (χ4n) is 1.73. The molecule has 1 atom stereocenters. The lowest BCUT2D eigenvalue weighted by atomic mass is 10.1. The third-order valence-electron chi connectivity index (χ3n) is 2.65. The maximum absolute atomic E-state index is 5.92. The van der Waals surface area contributed by atoms with Gasteiger partial charge in [-0.05, 0) is 26.6 Å². The van der Waals surface area contributed by atoms with Crippen LogP contribution in [0.25, 0.3) is 0 Å². The molecule has 3 heteroatoms. The quantitative estimate of drug-likeness (QED) is 0.537. The van der Waals surface area contributed by atoms with Gasteiger partial charge in [0.25, 0.3) is 0 Å². The second-order valence-corrected chi connectivity index (χ2v) is 4.28. The van der Waals surface area contributed by atoms with Crippen LogP contribution in [0, 0.1) is 0 Å². The van der Waals surface area contributed by atoms with Gasteiger partial charge in [0.05, 0.1) is 7.11 Å². The zero-order valence-electron chi connectivity index (χ0n) is 11.3. The van der Waals surface area contributed by atoms with Crippen molar-refractivity contribution in [3.05, 3.63) is 29.8 Å². The van der Waals surface area contributed by atoms with Crippen molar-refractivity contribution in [2.45, 2.75) is 26.0 Å². The van der Waals surface area contributed by atoms with E-state index >= 15 is 0 Å². The van der Waals surface area contributed by atoms with Gasteiger partial charge >= 0.3 is 0 Å². The Morgan fingerprint density at radius 3 is 2.53 bits per heavy atom. The first-order chi connectivity index (χ1) is 8.20. The topological polar surface area (TPSA) is 21.7 Å². The molecule has 0 aliphatic rings. The van der Waals surface area contributed by atoms with E-state index in [-0.39, 0.29) is 6.23 Å². The molecule has 0 saturated carbocycles. The van der Waals surface area contributed by atoms with E-state index in [1.54, 1.807) is 7.11 Å². The van der Waals surface area contributed by atoms with E-state index in [1.807, 2.05) is 32.3 Å². The van der Waals surface area contributed by atoms with Crippen LogP contribution in [-0.4, -0.2) is 32.7 Å². The second-order valence-electron chi connectivity index (χ2n) is 4.28. The summed E-state index contributed by atoms with van der Waals surface area (Å²) in [5, 5.41) is 0. The van der Waals surface area contributed by atoms with Crippen molar-refractivity contribution in [2.24, 2.45) is 0 Å². The normalized spacial score (nSPS) is 12.8. The summed E-state index contributed by atoms with van der Waals surface area (Å²) in [6.45, 7) is 2.94. The molecule has 0 bridgehead atoms. The van der Waals surface area contributed by atoms with Crippen LogP contribution in [-0.2, 0) is 4.74 Å². The van der Waals surface area contributed by atoms with Gasteiger partial charge in [-0.2, -0.15) is 0 Å². The van der Waals surface area contributed by atoms with E-state index in [2.05, 4.69) is 17.9 Å². The van der Waals surface area contributed by atoms with Gasteiger partial charge in [0.2, 0.25) is 0 Å². The average Bonchev–Trinajstić information content (AvgIpc) is 2.34. The molecule has 0 N–H and O–H groups in total. The highest BCUT2D eigenvalue weighted by Gasteiger charge is 2.18. The Hall–Kier alpha value is -1.06. The highest BCUT2D eigenvalue weighted by Crippen LogP contribution is 2.28. The van der Waals surface area contributed by atoms with Crippen LogP contribution in [0.4, 0.5) is 0 Å². The summed E-state index contributed by atoms with van der Waals surface area (Å²) < 4.78 is 11.3. The average molecular weight is 237 g/mol. The molecule has 1 aromatic rings. The van der Waals surface area contributed by atoms with E-state index in [4.69, 9.17) is 9.47 Å². The highest BCUT2D eigenvalue weighted by atomic mass is 16.5. The molecule has 0 aliphatic heterocycles. The Morgan fingerprint density at radius 1 is 1.24 bits per heavy atom. The predicted molar refractivity (Wildman–Crippen MR) is 70.3 cm³/mol. The maximum Gasteiger partial charge on any atom is 0.139 e. The van der Waals surface area contributed by atoms with Crippen LogP contribution in [0.15, 0.2) is 24.3 Å². The molecule has 0 aromatic heterocycles. The Bertz CT molecular complexity index is 326. The van der Waals surface area contributed by atoms with E-state index in [0.29, 0.717) is 0 Å². The van der Waals surface area contributed by atoms with E-state index in [0.717, 1.165) is 30.8 Å². The maximum atomic E-state index is 5.92. The molecule has 1 aromatic carbocycles. The van der Waals surface area contributed by atoms with E-state index in [9.17, 15) is 0 Å². The first kappa shape index (κ1) is 14.0. The summed E-state index contributed by atoms with van der Waals surface area (Å²) in [5.41, 5.74) is 1.08. The van der Waals surface area contributed by atoms with Crippen LogP contribution in [0.5, 0.6) is 5.75 Å². The number of hydrogen-bond acceptors (Lipinski definition) is 3. The summed E-state index contributed by atoms with van der Waals surface area (Å²) in [6.07, 6.45) is 2.18. The molecule has 0 saturated heterocycles. The van der Waals surface area contributed by atoms with Gasteiger partial charge in [-0.15, -0.1) is 0 Å². The Morgan fingerprint density at radius 2 is 1.94 bits per heavy atom. The molecule has 0 fully saturated rings. The Balaban J connectivity index is 2.81. The number of rotatable bonds is 7. The Kier molecular flexibility index (Phi) is 6.01. The van der Waals surface area contributed by atoms with Crippen LogP contribution in [0.1, 0.15) is 31.6 Å². The van der Waals surface area contributed by atoms with Crippen LogP contribution in [0.2, 0.25) is 0 Å². The molecule has 0 radical (unpaired) electrons. The van der Waals surface area contributed by atoms with Crippen molar-refractivity contribution in [3.8, 4) is 5.75 Å². The van der Waals surface area contributed by atoms with Gasteiger partial charge < -0.3 is 9.47 Å². The third-order valence-corrected chi connectivity index (χ3v) is 2.65. The number of benzene rings is 1. The van der Waals surface area contributed by atoms with Gasteiger partial charge in [-0.1, -0.05) is 31.5 Å². The number of nitrogens with zero attached hydrogens (tertiary/aromatic N) is 1. The largest absolute Gasteiger partial charge is 0.496 e. The second kappa shape index (κ2) is 7.30. The first-order valence-corrected chi connectivity index (χ1v) is 6.11. The summed E-state index contributed by atoms with van der Waals surface area (Å²) in [6, 6.07) is 8.00. The minimum absolute atomic E-state index is 0.0438. The lowest BCUT2D eigenvalue weighted by Gasteiger charge is -2.26. The van der Waals surface area contributed by atoms with Gasteiger partial charge in [-0.25, -0.2) is 0 Å². The number of hydrogen-bond donors (Lipinski definition) is 0. The zero-order chi connectivity index (χ0) is 12.7. The lowest BCUT2D eigenvalue weighted by molar-refractivity contribution is -0.0407. The molecule has 0 spiro atoms. The van der Waals surface area contributed by atoms with Crippen molar-refractivity contribution in [1.82, 2.24) is 4.90 Å². The number of ether oxygens (including phenoxy) is 2. The van der Waals surface area contributed by atoms with Crippen LogP contribution in [0.3, 0.4) is 0 Å². The summed E-state index contributed by atoms with van der Waals surface area (Å²) in [7, 11) is 5.73. The number of para-hydroxylation sites is 1. The highest BCUT2D eigenvalue weighted by molar-refractivity contribution is 5.34. The summed E-state index contributed by atoms with van der Waals surface area (Å²) in [4.78, 5) is 2.06. The molecule has 0 aliphatic carbocycles. The number of methoxy groups -OCH3 is 1. The summed E-state index contributed by atoms with van der Waals surface area (Å²) >= 11 is 0. The molecule has 96 valence electrons. The van der Waals surface area contributed by atoms with Gasteiger partial charge in [0.1, 0.15) is 12.0 Å². The minimum atomic E-state index is -0.0438. The Labute approximate surface area is 104 Å². The number of unbranched alkanes of at least 4 members (excludes halogenated alkanes) is 1. The minimum Gasteiger partial charge on any atom is -0.496 e. The van der Waals surface area contributed by atoms with Gasteiger partial charge in [0, 0.05) is 12.2 Å². The van der Waals surface area contributed by atoms with Crippen molar-refractivity contribution >= 4 is 0 Å². The SMILES string of the molecule is CCCCOC(c1ccccc1OC)N(C)C. The molecule has 1 rings (SSSR count). The molecule has 0 amide bonds. The molecule has 0 heterocycles. The van der Waals surface area contributed by atoms with Gasteiger partial charge in [0.15, 0.2) is 0 Å². The van der Waals surface area contributed by atoms with E-state index in [1.165, 1.54) is 0 Å². The monoisotopic (exact) mass is 237 g/mol. The van der Waals surface area contributed by atoms with Gasteiger partial charge in [-0.3, -0.25) is 4.90 Å². The van der Waals surface area contributed by atoms with Crippen LogP contribution < -0.4 is 4.74 Å².